The summed E-state index contributed by atoms with van der Waals surface area (Å²) in [6.07, 6.45) is 2.21. The lowest BCUT2D eigenvalue weighted by Gasteiger charge is -2.31. The van der Waals surface area contributed by atoms with Gasteiger partial charge in [0.15, 0.2) is 0 Å². The van der Waals surface area contributed by atoms with E-state index in [4.69, 9.17) is 5.11 Å². The van der Waals surface area contributed by atoms with E-state index in [1.54, 1.807) is 0 Å². The van der Waals surface area contributed by atoms with E-state index in [0.717, 1.165) is 0 Å². The molecule has 1 rings (SSSR count). The van der Waals surface area contributed by atoms with Crippen molar-refractivity contribution in [2.45, 2.75) is 27.7 Å². The molecular formula is C10H18O. The summed E-state index contributed by atoms with van der Waals surface area (Å²) < 4.78 is 0. The molecule has 1 nitrogen and oxygen atoms in total. The van der Waals surface area contributed by atoms with Crippen LogP contribution in [0.3, 0.4) is 0 Å². The van der Waals surface area contributed by atoms with Gasteiger partial charge in [-0.25, -0.2) is 0 Å². The molecule has 0 unspecified atom stereocenters. The summed E-state index contributed by atoms with van der Waals surface area (Å²) >= 11 is 0. The van der Waals surface area contributed by atoms with Crippen LogP contribution in [-0.2, 0) is 0 Å². The van der Waals surface area contributed by atoms with E-state index in [1.807, 2.05) is 0 Å². The van der Waals surface area contributed by atoms with Crippen molar-refractivity contribution in [2.24, 2.45) is 17.3 Å². The van der Waals surface area contributed by atoms with Gasteiger partial charge in [-0.05, 0) is 18.3 Å². The third-order valence-electron chi connectivity index (χ3n) is 3.42. The van der Waals surface area contributed by atoms with Crippen LogP contribution in [0.25, 0.3) is 0 Å². The Balaban J connectivity index is 2.85. The average molecular weight is 154 g/mol. The molecule has 0 amide bonds. The van der Waals surface area contributed by atoms with Gasteiger partial charge < -0.3 is 5.11 Å². The molecule has 0 spiro atoms. The largest absolute Gasteiger partial charge is 0.396 e. The van der Waals surface area contributed by atoms with Gasteiger partial charge in [-0.1, -0.05) is 32.4 Å². The van der Waals surface area contributed by atoms with Crippen LogP contribution in [0.15, 0.2) is 11.6 Å². The minimum atomic E-state index is 0.249. The molecular weight excluding hydrogens is 136 g/mol. The highest BCUT2D eigenvalue weighted by atomic mass is 16.3. The Kier molecular flexibility index (Phi) is 2.10. The fourth-order valence-corrected chi connectivity index (χ4v) is 1.87. The molecule has 0 heterocycles. The van der Waals surface area contributed by atoms with Crippen molar-refractivity contribution in [3.05, 3.63) is 11.6 Å². The molecule has 0 aromatic carbocycles. The fraction of sp³-hybridized carbons (Fsp3) is 0.800. The van der Waals surface area contributed by atoms with Gasteiger partial charge >= 0.3 is 0 Å². The standard InChI is InChI=1S/C10H18O/c1-7-5-9(6-11)10(3,4)8(7)2/h5,8-9,11H,6H2,1-4H3/t8-,9-/m1/s1. The highest BCUT2D eigenvalue weighted by molar-refractivity contribution is 5.18. The summed E-state index contributed by atoms with van der Waals surface area (Å²) in [7, 11) is 0. The van der Waals surface area contributed by atoms with Crippen molar-refractivity contribution >= 4 is 0 Å². The first kappa shape index (κ1) is 8.79. The van der Waals surface area contributed by atoms with Gasteiger partial charge in [0.05, 0.1) is 0 Å². The van der Waals surface area contributed by atoms with Crippen LogP contribution in [0.4, 0.5) is 0 Å². The SMILES string of the molecule is CC1=C[C@H](CO)C(C)(C)[C@@H]1C. The number of hydrogen-bond acceptors (Lipinski definition) is 1. The molecule has 1 aliphatic carbocycles. The van der Waals surface area contributed by atoms with Gasteiger partial charge in [-0.3, -0.25) is 0 Å². The summed E-state index contributed by atoms with van der Waals surface area (Å²) in [6.45, 7) is 9.13. The van der Waals surface area contributed by atoms with E-state index in [2.05, 4.69) is 33.8 Å². The van der Waals surface area contributed by atoms with Gasteiger partial charge in [0.25, 0.3) is 0 Å². The number of allylic oxidation sites excluding steroid dienone is 1. The Morgan fingerprint density at radius 1 is 1.55 bits per heavy atom. The second-order valence-corrected chi connectivity index (χ2v) is 4.24. The number of rotatable bonds is 1. The lowest BCUT2D eigenvalue weighted by molar-refractivity contribution is 0.134. The first-order valence-electron chi connectivity index (χ1n) is 4.29. The summed E-state index contributed by atoms with van der Waals surface area (Å²) in [5, 5.41) is 9.09. The van der Waals surface area contributed by atoms with E-state index in [-0.39, 0.29) is 12.0 Å². The molecule has 11 heavy (non-hydrogen) atoms. The number of hydrogen-bond donors (Lipinski definition) is 1. The molecule has 0 aromatic rings. The van der Waals surface area contributed by atoms with Crippen LogP contribution >= 0.6 is 0 Å². The van der Waals surface area contributed by atoms with Crippen molar-refractivity contribution in [1.29, 1.82) is 0 Å². The van der Waals surface area contributed by atoms with Crippen LogP contribution in [0.2, 0.25) is 0 Å². The maximum Gasteiger partial charge on any atom is 0.0499 e. The molecule has 0 aliphatic heterocycles. The molecule has 1 aliphatic rings. The zero-order valence-corrected chi connectivity index (χ0v) is 7.89. The van der Waals surface area contributed by atoms with E-state index in [0.29, 0.717) is 11.8 Å². The van der Waals surface area contributed by atoms with E-state index >= 15 is 0 Å². The molecule has 1 heteroatoms. The Morgan fingerprint density at radius 3 is 2.27 bits per heavy atom. The van der Waals surface area contributed by atoms with Crippen molar-refractivity contribution in [2.75, 3.05) is 6.61 Å². The van der Waals surface area contributed by atoms with Crippen LogP contribution in [0, 0.1) is 17.3 Å². The minimum Gasteiger partial charge on any atom is -0.396 e. The third-order valence-corrected chi connectivity index (χ3v) is 3.42. The summed E-state index contributed by atoms with van der Waals surface area (Å²) in [5.41, 5.74) is 1.67. The summed E-state index contributed by atoms with van der Waals surface area (Å²) in [6, 6.07) is 0. The second kappa shape index (κ2) is 2.63. The van der Waals surface area contributed by atoms with Crippen molar-refractivity contribution in [3.63, 3.8) is 0 Å². The predicted octanol–water partition coefficient (Wildman–Crippen LogP) is 2.22. The Labute approximate surface area is 69.1 Å². The third kappa shape index (κ3) is 1.22. The van der Waals surface area contributed by atoms with Gasteiger partial charge in [0.1, 0.15) is 0 Å². The zero-order chi connectivity index (χ0) is 8.65. The summed E-state index contributed by atoms with van der Waals surface area (Å²) in [5.74, 6) is 0.970. The lowest BCUT2D eigenvalue weighted by atomic mass is 9.74. The molecule has 2 atom stereocenters. The highest BCUT2D eigenvalue weighted by Gasteiger charge is 2.38. The molecule has 0 bridgehead atoms. The van der Waals surface area contributed by atoms with Crippen LogP contribution in [0.5, 0.6) is 0 Å². The fourth-order valence-electron chi connectivity index (χ4n) is 1.87. The Bertz CT molecular complexity index is 179. The normalized spacial score (nSPS) is 35.5. The topological polar surface area (TPSA) is 20.2 Å². The van der Waals surface area contributed by atoms with Crippen molar-refractivity contribution in [1.82, 2.24) is 0 Å². The molecule has 0 saturated carbocycles. The molecule has 64 valence electrons. The number of aliphatic hydroxyl groups is 1. The van der Waals surface area contributed by atoms with E-state index in [9.17, 15) is 0 Å². The van der Waals surface area contributed by atoms with E-state index in [1.165, 1.54) is 5.57 Å². The van der Waals surface area contributed by atoms with Gasteiger partial charge in [-0.2, -0.15) is 0 Å². The quantitative estimate of drug-likeness (QED) is 0.574. The smallest absolute Gasteiger partial charge is 0.0499 e. The Hall–Kier alpha value is -0.300. The molecule has 0 radical (unpaired) electrons. The maximum absolute atomic E-state index is 9.09. The number of aliphatic hydroxyl groups excluding tert-OH is 1. The maximum atomic E-state index is 9.09. The lowest BCUT2D eigenvalue weighted by Crippen LogP contribution is -2.27. The Morgan fingerprint density at radius 2 is 2.09 bits per heavy atom. The highest BCUT2D eigenvalue weighted by Crippen LogP contribution is 2.45. The summed E-state index contributed by atoms with van der Waals surface area (Å²) in [4.78, 5) is 0. The first-order chi connectivity index (χ1) is 5.00. The van der Waals surface area contributed by atoms with Gasteiger partial charge in [0.2, 0.25) is 0 Å². The van der Waals surface area contributed by atoms with Crippen LogP contribution < -0.4 is 0 Å². The van der Waals surface area contributed by atoms with E-state index < -0.39 is 0 Å². The van der Waals surface area contributed by atoms with Crippen LogP contribution in [0.1, 0.15) is 27.7 Å². The zero-order valence-electron chi connectivity index (χ0n) is 7.89. The van der Waals surface area contributed by atoms with Crippen LogP contribution in [-0.4, -0.2) is 11.7 Å². The van der Waals surface area contributed by atoms with Gasteiger partial charge in [-0.15, -0.1) is 0 Å². The molecule has 1 N–H and O–H groups in total. The second-order valence-electron chi connectivity index (χ2n) is 4.24. The molecule has 0 fully saturated rings. The monoisotopic (exact) mass is 154 g/mol. The minimum absolute atomic E-state index is 0.249. The van der Waals surface area contributed by atoms with Gasteiger partial charge in [0, 0.05) is 12.5 Å². The van der Waals surface area contributed by atoms with Crippen molar-refractivity contribution in [3.8, 4) is 0 Å². The predicted molar refractivity (Wildman–Crippen MR) is 47.3 cm³/mol. The first-order valence-corrected chi connectivity index (χ1v) is 4.29. The molecule has 0 saturated heterocycles. The molecule has 0 aromatic heterocycles. The average Bonchev–Trinajstić information content (AvgIpc) is 2.13. The van der Waals surface area contributed by atoms with Crippen molar-refractivity contribution < 1.29 is 5.11 Å².